The summed E-state index contributed by atoms with van der Waals surface area (Å²) in [6, 6.07) is 2.31. The molecule has 3 rings (SSSR count). The first kappa shape index (κ1) is 10.9. The summed E-state index contributed by atoms with van der Waals surface area (Å²) in [5, 5.41) is 16.2. The van der Waals surface area contributed by atoms with Gasteiger partial charge in [-0.05, 0) is 17.9 Å². The van der Waals surface area contributed by atoms with Crippen molar-refractivity contribution < 1.29 is 5.11 Å². The number of rotatable bonds is 2. The lowest BCUT2D eigenvalue weighted by Gasteiger charge is -2.49. The molecule has 1 aliphatic rings. The highest BCUT2D eigenvalue weighted by Gasteiger charge is 2.47. The number of hydrogen-bond acceptors (Lipinski definition) is 5. The van der Waals surface area contributed by atoms with E-state index in [0.29, 0.717) is 0 Å². The highest BCUT2D eigenvalue weighted by atomic mass is 32.1. The number of thiophene rings is 1. The molecule has 0 amide bonds. The number of anilines is 1. The lowest BCUT2D eigenvalue weighted by atomic mass is 9.64. The van der Waals surface area contributed by atoms with Crippen LogP contribution in [0.25, 0.3) is 10.2 Å². The Morgan fingerprint density at radius 1 is 1.47 bits per heavy atom. The number of nitrogens with zero attached hydrogens (tertiary/aromatic N) is 2. The molecule has 2 aromatic heterocycles. The summed E-state index contributed by atoms with van der Waals surface area (Å²) >= 11 is 1.61. The zero-order chi connectivity index (χ0) is 12.0. The number of fused-ring (bicyclic) bond motifs is 1. The molecule has 0 radical (unpaired) electrons. The average molecular weight is 249 g/mol. The number of aromatic nitrogens is 2. The van der Waals surface area contributed by atoms with Gasteiger partial charge in [-0.2, -0.15) is 0 Å². The van der Waals surface area contributed by atoms with Crippen LogP contribution in [0.3, 0.4) is 0 Å². The highest BCUT2D eigenvalue weighted by Crippen LogP contribution is 2.42. The smallest absolute Gasteiger partial charge is 0.138 e. The fourth-order valence-corrected chi connectivity index (χ4v) is 2.95. The maximum Gasteiger partial charge on any atom is 0.138 e. The third-order valence-electron chi connectivity index (χ3n) is 3.79. The Labute approximate surface area is 104 Å². The van der Waals surface area contributed by atoms with Crippen LogP contribution in [0.4, 0.5) is 5.82 Å². The molecule has 5 heteroatoms. The second kappa shape index (κ2) is 3.65. The van der Waals surface area contributed by atoms with Gasteiger partial charge in [0, 0.05) is 11.5 Å². The maximum atomic E-state index is 9.73. The first-order chi connectivity index (χ1) is 8.09. The van der Waals surface area contributed by atoms with Crippen LogP contribution in [0.1, 0.15) is 20.3 Å². The molecule has 0 aliphatic heterocycles. The van der Waals surface area contributed by atoms with E-state index in [9.17, 15) is 5.11 Å². The minimum Gasteiger partial charge on any atom is -0.392 e. The van der Waals surface area contributed by atoms with Crippen molar-refractivity contribution in [2.75, 3.05) is 5.32 Å². The Morgan fingerprint density at radius 2 is 2.29 bits per heavy atom. The van der Waals surface area contributed by atoms with Gasteiger partial charge >= 0.3 is 0 Å². The maximum absolute atomic E-state index is 9.73. The predicted octanol–water partition coefficient (Wildman–Crippen LogP) is 2.26. The van der Waals surface area contributed by atoms with Gasteiger partial charge in [-0.1, -0.05) is 13.8 Å². The Balaban J connectivity index is 1.89. The van der Waals surface area contributed by atoms with Crippen LogP contribution in [0.15, 0.2) is 17.8 Å². The van der Waals surface area contributed by atoms with E-state index in [1.165, 1.54) is 0 Å². The molecule has 1 aliphatic carbocycles. The largest absolute Gasteiger partial charge is 0.392 e. The van der Waals surface area contributed by atoms with E-state index in [1.807, 2.05) is 11.4 Å². The minimum atomic E-state index is -0.222. The van der Waals surface area contributed by atoms with Gasteiger partial charge in [-0.15, -0.1) is 11.3 Å². The number of hydrogen-bond donors (Lipinski definition) is 2. The topological polar surface area (TPSA) is 58.0 Å². The predicted molar refractivity (Wildman–Crippen MR) is 69.2 cm³/mol. The molecular formula is C12H15N3OS. The molecule has 1 saturated carbocycles. The minimum absolute atomic E-state index is 0.0900. The van der Waals surface area contributed by atoms with E-state index in [1.54, 1.807) is 17.7 Å². The zero-order valence-electron chi connectivity index (χ0n) is 9.84. The van der Waals surface area contributed by atoms with E-state index in [2.05, 4.69) is 29.1 Å². The third-order valence-corrected chi connectivity index (χ3v) is 4.61. The lowest BCUT2D eigenvalue weighted by molar-refractivity contribution is -0.0511. The van der Waals surface area contributed by atoms with E-state index in [4.69, 9.17) is 0 Å². The Bertz CT molecular complexity index is 551. The van der Waals surface area contributed by atoms with Crippen molar-refractivity contribution in [1.29, 1.82) is 0 Å². The molecule has 4 nitrogen and oxygen atoms in total. The standard InChI is InChI=1S/C12H15N3OS/c1-12(2)8(5-9(12)16)15-10-7-3-4-17-11(7)14-6-13-10/h3-4,6,8-9,16H,5H2,1-2H3,(H,13,14,15). The fraction of sp³-hybridized carbons (Fsp3) is 0.500. The molecule has 1 fully saturated rings. The molecule has 2 heterocycles. The second-order valence-electron chi connectivity index (χ2n) is 5.13. The molecule has 2 aromatic rings. The van der Waals surface area contributed by atoms with Crippen LogP contribution in [0, 0.1) is 5.41 Å². The fourth-order valence-electron chi connectivity index (χ4n) is 2.22. The molecule has 0 spiro atoms. The molecule has 0 bridgehead atoms. The molecule has 90 valence electrons. The van der Waals surface area contributed by atoms with E-state index in [-0.39, 0.29) is 17.6 Å². The number of nitrogens with one attached hydrogen (secondary N) is 1. The van der Waals surface area contributed by atoms with Crippen LogP contribution in [0.2, 0.25) is 0 Å². The SMILES string of the molecule is CC1(C)C(O)CC1Nc1ncnc2sccc12. The molecule has 2 N–H and O–H groups in total. The number of aliphatic hydroxyl groups excluding tert-OH is 1. The molecular weight excluding hydrogens is 234 g/mol. The van der Waals surface area contributed by atoms with Crippen LogP contribution in [-0.2, 0) is 0 Å². The van der Waals surface area contributed by atoms with Gasteiger partial charge < -0.3 is 10.4 Å². The normalized spacial score (nSPS) is 26.8. The quantitative estimate of drug-likeness (QED) is 0.857. The van der Waals surface area contributed by atoms with Crippen molar-refractivity contribution in [2.24, 2.45) is 5.41 Å². The summed E-state index contributed by atoms with van der Waals surface area (Å²) in [5.74, 6) is 0.876. The molecule has 0 aromatic carbocycles. The van der Waals surface area contributed by atoms with Crippen molar-refractivity contribution in [2.45, 2.75) is 32.4 Å². The summed E-state index contributed by atoms with van der Waals surface area (Å²) in [4.78, 5) is 9.52. The van der Waals surface area contributed by atoms with Crippen molar-refractivity contribution >= 4 is 27.4 Å². The summed E-state index contributed by atoms with van der Waals surface area (Å²) in [7, 11) is 0. The van der Waals surface area contributed by atoms with E-state index >= 15 is 0 Å². The Kier molecular flexibility index (Phi) is 2.34. The average Bonchev–Trinajstić information content (AvgIpc) is 2.77. The molecule has 2 atom stereocenters. The van der Waals surface area contributed by atoms with Gasteiger partial charge in [0.2, 0.25) is 0 Å². The van der Waals surface area contributed by atoms with E-state index < -0.39 is 0 Å². The van der Waals surface area contributed by atoms with Crippen LogP contribution in [0.5, 0.6) is 0 Å². The van der Waals surface area contributed by atoms with Gasteiger partial charge in [-0.3, -0.25) is 0 Å². The van der Waals surface area contributed by atoms with Crippen molar-refractivity contribution in [3.8, 4) is 0 Å². The number of aliphatic hydroxyl groups is 1. The second-order valence-corrected chi connectivity index (χ2v) is 6.03. The Hall–Kier alpha value is -1.20. The molecule has 0 saturated heterocycles. The monoisotopic (exact) mass is 249 g/mol. The summed E-state index contributed by atoms with van der Waals surface area (Å²) in [6.07, 6.45) is 2.14. The van der Waals surface area contributed by atoms with Crippen molar-refractivity contribution in [3.63, 3.8) is 0 Å². The summed E-state index contributed by atoms with van der Waals surface area (Å²) < 4.78 is 0. The van der Waals surface area contributed by atoms with Crippen molar-refractivity contribution in [1.82, 2.24) is 9.97 Å². The van der Waals surface area contributed by atoms with Gasteiger partial charge in [0.15, 0.2) is 0 Å². The van der Waals surface area contributed by atoms with Gasteiger partial charge in [0.1, 0.15) is 17.0 Å². The van der Waals surface area contributed by atoms with Gasteiger partial charge in [-0.25, -0.2) is 9.97 Å². The van der Waals surface area contributed by atoms with E-state index in [0.717, 1.165) is 22.5 Å². The Morgan fingerprint density at radius 3 is 3.00 bits per heavy atom. The molecule has 2 unspecified atom stereocenters. The zero-order valence-corrected chi connectivity index (χ0v) is 10.7. The summed E-state index contributed by atoms with van der Waals surface area (Å²) in [5.41, 5.74) is -0.0900. The first-order valence-electron chi connectivity index (χ1n) is 5.72. The van der Waals surface area contributed by atoms with Crippen LogP contribution < -0.4 is 5.32 Å². The van der Waals surface area contributed by atoms with Gasteiger partial charge in [0.05, 0.1) is 11.5 Å². The van der Waals surface area contributed by atoms with Crippen molar-refractivity contribution in [3.05, 3.63) is 17.8 Å². The lowest BCUT2D eigenvalue weighted by Crippen LogP contribution is -2.57. The van der Waals surface area contributed by atoms with Crippen LogP contribution in [-0.4, -0.2) is 27.2 Å². The third kappa shape index (κ3) is 1.61. The van der Waals surface area contributed by atoms with Gasteiger partial charge in [0.25, 0.3) is 0 Å². The summed E-state index contributed by atoms with van der Waals surface area (Å²) in [6.45, 7) is 4.15. The first-order valence-corrected chi connectivity index (χ1v) is 6.60. The molecule has 17 heavy (non-hydrogen) atoms. The highest BCUT2D eigenvalue weighted by molar-refractivity contribution is 7.16. The van der Waals surface area contributed by atoms with Crippen LogP contribution >= 0.6 is 11.3 Å².